The molecule has 0 rings (SSSR count). The normalized spacial score (nSPS) is 16.2. The van der Waals surface area contributed by atoms with Gasteiger partial charge in [0.25, 0.3) is 0 Å². The lowest BCUT2D eigenvalue weighted by Crippen LogP contribution is -2.45. The summed E-state index contributed by atoms with van der Waals surface area (Å²) in [4.78, 5) is 23.6. The molecule has 2 atom stereocenters. The standard InChI is InChI=1S/C18H32O5/c1-9-14(20)22-10-13(19)11-23-15(21)18(8,17(5,6)7)12-16(2,3)4/h9,13,19H,1,10-12H2,2-8H3. The molecule has 5 heteroatoms. The number of carbonyl (C=O) groups excluding carboxylic acids is 2. The van der Waals surface area contributed by atoms with E-state index in [-0.39, 0.29) is 30.0 Å². The molecule has 0 aliphatic carbocycles. The van der Waals surface area contributed by atoms with E-state index in [0.29, 0.717) is 6.42 Å². The maximum atomic E-state index is 12.6. The summed E-state index contributed by atoms with van der Waals surface area (Å²) < 4.78 is 10.0. The van der Waals surface area contributed by atoms with Crippen LogP contribution < -0.4 is 0 Å². The van der Waals surface area contributed by atoms with Crippen LogP contribution >= 0.6 is 0 Å². The molecule has 0 spiro atoms. The molecule has 0 fully saturated rings. The molecule has 0 aromatic rings. The molecule has 0 heterocycles. The molecule has 0 saturated carbocycles. The molecule has 2 unspecified atom stereocenters. The smallest absolute Gasteiger partial charge is 0.330 e. The lowest BCUT2D eigenvalue weighted by atomic mass is 9.61. The minimum absolute atomic E-state index is 0.0425. The summed E-state index contributed by atoms with van der Waals surface area (Å²) in [6.45, 7) is 17.0. The fraction of sp³-hybridized carbons (Fsp3) is 0.778. The highest BCUT2D eigenvalue weighted by molar-refractivity contribution is 5.81. The van der Waals surface area contributed by atoms with Crippen molar-refractivity contribution in [3.8, 4) is 0 Å². The fourth-order valence-corrected chi connectivity index (χ4v) is 2.32. The van der Waals surface area contributed by atoms with Crippen molar-refractivity contribution in [3.05, 3.63) is 12.7 Å². The molecule has 5 nitrogen and oxygen atoms in total. The molecular formula is C18H32O5. The Morgan fingerprint density at radius 3 is 1.91 bits per heavy atom. The first-order chi connectivity index (χ1) is 10.2. The Morgan fingerprint density at radius 1 is 1.04 bits per heavy atom. The second kappa shape index (κ2) is 7.95. The summed E-state index contributed by atoms with van der Waals surface area (Å²) in [5, 5.41) is 9.75. The summed E-state index contributed by atoms with van der Waals surface area (Å²) in [5.74, 6) is -0.975. The molecule has 0 aromatic heterocycles. The third kappa shape index (κ3) is 7.16. The van der Waals surface area contributed by atoms with Crippen molar-refractivity contribution >= 4 is 11.9 Å². The summed E-state index contributed by atoms with van der Waals surface area (Å²) in [6, 6.07) is 0. The van der Waals surface area contributed by atoms with Crippen molar-refractivity contribution in [1.29, 1.82) is 0 Å². The minimum Gasteiger partial charge on any atom is -0.462 e. The first kappa shape index (κ1) is 21.6. The van der Waals surface area contributed by atoms with Crippen LogP contribution in [-0.2, 0) is 19.1 Å². The topological polar surface area (TPSA) is 72.8 Å². The summed E-state index contributed by atoms with van der Waals surface area (Å²) in [7, 11) is 0. The predicted molar refractivity (Wildman–Crippen MR) is 89.8 cm³/mol. The van der Waals surface area contributed by atoms with Gasteiger partial charge in [-0.3, -0.25) is 4.79 Å². The van der Waals surface area contributed by atoms with Gasteiger partial charge < -0.3 is 14.6 Å². The van der Waals surface area contributed by atoms with Crippen LogP contribution in [0.5, 0.6) is 0 Å². The molecule has 0 radical (unpaired) electrons. The zero-order valence-corrected chi connectivity index (χ0v) is 15.6. The highest BCUT2D eigenvalue weighted by Gasteiger charge is 2.47. The predicted octanol–water partition coefficient (Wildman–Crippen LogP) is 3.11. The molecule has 0 aromatic carbocycles. The van der Waals surface area contributed by atoms with Crippen LogP contribution in [0.4, 0.5) is 0 Å². The van der Waals surface area contributed by atoms with Gasteiger partial charge in [0.05, 0.1) is 5.41 Å². The Hall–Kier alpha value is -1.36. The van der Waals surface area contributed by atoms with Crippen LogP contribution in [0, 0.1) is 16.2 Å². The zero-order chi connectivity index (χ0) is 18.5. The number of aliphatic hydroxyl groups excluding tert-OH is 1. The zero-order valence-electron chi connectivity index (χ0n) is 15.6. The van der Waals surface area contributed by atoms with Gasteiger partial charge in [0.15, 0.2) is 0 Å². The lowest BCUT2D eigenvalue weighted by molar-refractivity contribution is -0.169. The van der Waals surface area contributed by atoms with Gasteiger partial charge in [0.1, 0.15) is 19.3 Å². The molecule has 0 aliphatic heterocycles. The van der Waals surface area contributed by atoms with Gasteiger partial charge >= 0.3 is 11.9 Å². The van der Waals surface area contributed by atoms with E-state index in [9.17, 15) is 14.7 Å². The van der Waals surface area contributed by atoms with Crippen LogP contribution in [-0.4, -0.2) is 36.4 Å². The van der Waals surface area contributed by atoms with E-state index in [4.69, 9.17) is 9.47 Å². The molecule has 0 saturated heterocycles. The van der Waals surface area contributed by atoms with Gasteiger partial charge in [-0.25, -0.2) is 4.79 Å². The van der Waals surface area contributed by atoms with Crippen LogP contribution in [0.15, 0.2) is 12.7 Å². The SMILES string of the molecule is C=CC(=O)OCC(O)COC(=O)C(C)(CC(C)(C)C)C(C)(C)C. The monoisotopic (exact) mass is 328 g/mol. The van der Waals surface area contributed by atoms with E-state index in [2.05, 4.69) is 27.4 Å². The molecule has 23 heavy (non-hydrogen) atoms. The highest BCUT2D eigenvalue weighted by atomic mass is 16.6. The quantitative estimate of drug-likeness (QED) is 0.574. The molecule has 0 amide bonds. The van der Waals surface area contributed by atoms with Crippen molar-refractivity contribution in [1.82, 2.24) is 0 Å². The summed E-state index contributed by atoms with van der Waals surface area (Å²) in [5.41, 5.74) is -1.03. The average molecular weight is 328 g/mol. The number of esters is 2. The third-order valence-electron chi connectivity index (χ3n) is 3.98. The van der Waals surface area contributed by atoms with E-state index < -0.39 is 17.5 Å². The molecular weight excluding hydrogens is 296 g/mol. The Kier molecular flexibility index (Phi) is 7.48. The van der Waals surface area contributed by atoms with Gasteiger partial charge in [-0.2, -0.15) is 0 Å². The second-order valence-corrected chi connectivity index (χ2v) is 8.41. The number of rotatable bonds is 7. The van der Waals surface area contributed by atoms with E-state index in [1.807, 2.05) is 27.7 Å². The van der Waals surface area contributed by atoms with Crippen LogP contribution in [0.25, 0.3) is 0 Å². The maximum absolute atomic E-state index is 12.6. The van der Waals surface area contributed by atoms with E-state index >= 15 is 0 Å². The molecule has 0 aliphatic rings. The van der Waals surface area contributed by atoms with Gasteiger partial charge in [-0.1, -0.05) is 48.1 Å². The molecule has 134 valence electrons. The van der Waals surface area contributed by atoms with Crippen molar-refractivity contribution in [2.45, 2.75) is 61.0 Å². The number of ether oxygens (including phenoxy) is 2. The number of aliphatic hydroxyl groups is 1. The van der Waals surface area contributed by atoms with E-state index in [1.165, 1.54) is 0 Å². The van der Waals surface area contributed by atoms with Gasteiger partial charge in [-0.05, 0) is 24.2 Å². The Morgan fingerprint density at radius 2 is 1.52 bits per heavy atom. The number of hydrogen-bond acceptors (Lipinski definition) is 5. The summed E-state index contributed by atoms with van der Waals surface area (Å²) >= 11 is 0. The van der Waals surface area contributed by atoms with Crippen LogP contribution in [0.1, 0.15) is 54.9 Å². The highest BCUT2D eigenvalue weighted by Crippen LogP contribution is 2.47. The van der Waals surface area contributed by atoms with Gasteiger partial charge in [0, 0.05) is 6.08 Å². The fourth-order valence-electron chi connectivity index (χ4n) is 2.32. The second-order valence-electron chi connectivity index (χ2n) is 8.41. The largest absolute Gasteiger partial charge is 0.462 e. The third-order valence-corrected chi connectivity index (χ3v) is 3.98. The lowest BCUT2D eigenvalue weighted by Gasteiger charge is -2.43. The number of carbonyl (C=O) groups is 2. The first-order valence-electron chi connectivity index (χ1n) is 7.87. The van der Waals surface area contributed by atoms with Crippen molar-refractivity contribution in [2.24, 2.45) is 16.2 Å². The van der Waals surface area contributed by atoms with Crippen molar-refractivity contribution in [2.75, 3.05) is 13.2 Å². The summed E-state index contributed by atoms with van der Waals surface area (Å²) in [6.07, 6.45) is 0.615. The number of hydrogen-bond donors (Lipinski definition) is 1. The molecule has 1 N–H and O–H groups in total. The minimum atomic E-state index is -1.05. The van der Waals surface area contributed by atoms with Crippen molar-refractivity contribution in [3.63, 3.8) is 0 Å². The van der Waals surface area contributed by atoms with Crippen molar-refractivity contribution < 1.29 is 24.2 Å². The van der Waals surface area contributed by atoms with Gasteiger partial charge in [-0.15, -0.1) is 0 Å². The Labute approximate surface area is 140 Å². The maximum Gasteiger partial charge on any atom is 0.330 e. The Bertz CT molecular complexity index is 428. The van der Waals surface area contributed by atoms with E-state index in [1.54, 1.807) is 0 Å². The first-order valence-corrected chi connectivity index (χ1v) is 7.87. The average Bonchev–Trinajstić information content (AvgIpc) is 2.38. The van der Waals surface area contributed by atoms with Crippen LogP contribution in [0.2, 0.25) is 0 Å². The molecule has 0 bridgehead atoms. The Balaban J connectivity index is 4.81. The van der Waals surface area contributed by atoms with Crippen LogP contribution in [0.3, 0.4) is 0 Å². The van der Waals surface area contributed by atoms with E-state index in [0.717, 1.165) is 6.08 Å². The van der Waals surface area contributed by atoms with Gasteiger partial charge in [0.2, 0.25) is 0 Å².